The molecule has 6 heteroatoms. The molecule has 1 rings (SSSR count). The molecule has 0 aromatic heterocycles. The Morgan fingerprint density at radius 2 is 1.50 bits per heavy atom. The topological polar surface area (TPSA) is 46.2 Å². The van der Waals surface area contributed by atoms with Crippen molar-refractivity contribution in [1.29, 1.82) is 0 Å². The molecule has 1 saturated heterocycles. The summed E-state index contributed by atoms with van der Waals surface area (Å²) in [6, 6.07) is 0. The highest BCUT2D eigenvalue weighted by molar-refractivity contribution is 6.77. The summed E-state index contributed by atoms with van der Waals surface area (Å²) in [6.45, 7) is 19.5. The molecule has 2 atom stereocenters. The molecule has 0 saturated carbocycles. The van der Waals surface area contributed by atoms with Gasteiger partial charge in [0.25, 0.3) is 5.97 Å². The van der Waals surface area contributed by atoms with E-state index in [4.69, 9.17) is 23.4 Å². The van der Waals surface area contributed by atoms with Crippen molar-refractivity contribution in [2.24, 2.45) is 0 Å². The molecular weight excluding hydrogens is 348 g/mol. The fourth-order valence-corrected chi connectivity index (χ4v) is 9.29. The highest BCUT2D eigenvalue weighted by Crippen LogP contribution is 2.40. The van der Waals surface area contributed by atoms with Gasteiger partial charge in [0.1, 0.15) is 0 Å². The van der Waals surface area contributed by atoms with Crippen LogP contribution in [0.3, 0.4) is 0 Å². The van der Waals surface area contributed by atoms with Gasteiger partial charge in [0, 0.05) is 13.0 Å². The fraction of sp³-hybridized carbons (Fsp3) is 1.00. The van der Waals surface area contributed by atoms with Crippen LogP contribution in [0.1, 0.15) is 81.1 Å². The first-order valence-corrected chi connectivity index (χ1v) is 12.7. The maximum absolute atomic E-state index is 6.57. The highest BCUT2D eigenvalue weighted by Gasteiger charge is 2.50. The van der Waals surface area contributed by atoms with Crippen LogP contribution in [0.2, 0.25) is 11.1 Å². The standard InChI is InChI=1S/C20H42O5Si/c1-9-18(25-20(11-3)21-14-13-15-22-20)24-19(10-2)26(16(5)6,17(7)8)23-12-4/h16-19H,9-15H2,1-8H3. The molecular formula is C20H42O5Si. The predicted octanol–water partition coefficient (Wildman–Crippen LogP) is 5.38. The fourth-order valence-electron chi connectivity index (χ4n) is 4.11. The minimum Gasteiger partial charge on any atom is -0.414 e. The van der Waals surface area contributed by atoms with Crippen LogP contribution in [-0.2, 0) is 23.4 Å². The summed E-state index contributed by atoms with van der Waals surface area (Å²) in [5.74, 6) is -0.970. The van der Waals surface area contributed by atoms with Gasteiger partial charge in [-0.15, -0.1) is 0 Å². The van der Waals surface area contributed by atoms with Gasteiger partial charge in [0.2, 0.25) is 8.32 Å². The number of rotatable bonds is 12. The van der Waals surface area contributed by atoms with E-state index in [0.717, 1.165) is 25.9 Å². The van der Waals surface area contributed by atoms with E-state index in [1.165, 1.54) is 0 Å². The molecule has 0 radical (unpaired) electrons. The zero-order chi connectivity index (χ0) is 19.8. The molecule has 0 aromatic carbocycles. The zero-order valence-corrected chi connectivity index (χ0v) is 19.3. The van der Waals surface area contributed by atoms with Gasteiger partial charge in [-0.1, -0.05) is 48.5 Å². The Morgan fingerprint density at radius 3 is 1.88 bits per heavy atom. The van der Waals surface area contributed by atoms with Gasteiger partial charge in [-0.25, -0.2) is 0 Å². The monoisotopic (exact) mass is 390 g/mol. The van der Waals surface area contributed by atoms with E-state index in [1.54, 1.807) is 0 Å². The van der Waals surface area contributed by atoms with Crippen LogP contribution in [0.4, 0.5) is 0 Å². The third kappa shape index (κ3) is 5.52. The van der Waals surface area contributed by atoms with Crippen molar-refractivity contribution >= 4 is 8.32 Å². The Labute approximate surface area is 162 Å². The summed E-state index contributed by atoms with van der Waals surface area (Å²) < 4.78 is 31.0. The van der Waals surface area contributed by atoms with E-state index in [9.17, 15) is 0 Å². The van der Waals surface area contributed by atoms with E-state index in [0.29, 0.717) is 30.7 Å². The first-order valence-electron chi connectivity index (χ1n) is 10.6. The maximum atomic E-state index is 6.57. The molecule has 0 bridgehead atoms. The summed E-state index contributed by atoms with van der Waals surface area (Å²) in [6.07, 6.45) is 2.86. The van der Waals surface area contributed by atoms with Crippen molar-refractivity contribution in [3.63, 3.8) is 0 Å². The van der Waals surface area contributed by atoms with Gasteiger partial charge < -0.3 is 18.6 Å². The number of ether oxygens (including phenoxy) is 4. The smallest absolute Gasteiger partial charge is 0.284 e. The number of hydrogen-bond acceptors (Lipinski definition) is 5. The first kappa shape index (κ1) is 24.1. The van der Waals surface area contributed by atoms with Crippen molar-refractivity contribution < 1.29 is 23.4 Å². The molecule has 5 nitrogen and oxygen atoms in total. The molecule has 156 valence electrons. The van der Waals surface area contributed by atoms with Gasteiger partial charge in [0.05, 0.1) is 18.9 Å². The van der Waals surface area contributed by atoms with Crippen molar-refractivity contribution in [2.75, 3.05) is 19.8 Å². The van der Waals surface area contributed by atoms with Gasteiger partial charge in [-0.2, -0.15) is 0 Å². The predicted molar refractivity (Wildman–Crippen MR) is 107 cm³/mol. The molecule has 1 aliphatic heterocycles. The lowest BCUT2D eigenvalue weighted by atomic mass is 10.3. The van der Waals surface area contributed by atoms with E-state index < -0.39 is 14.3 Å². The minimum absolute atomic E-state index is 0.0740. The molecule has 2 unspecified atom stereocenters. The van der Waals surface area contributed by atoms with Crippen molar-refractivity contribution in [3.05, 3.63) is 0 Å². The second kappa shape index (κ2) is 11.1. The molecule has 0 spiro atoms. The Bertz CT molecular complexity index is 374. The van der Waals surface area contributed by atoms with Crippen molar-refractivity contribution in [2.45, 2.75) is 110 Å². The second-order valence-corrected chi connectivity index (χ2v) is 12.6. The average Bonchev–Trinajstić information content (AvgIpc) is 2.63. The van der Waals surface area contributed by atoms with Crippen LogP contribution < -0.4 is 0 Å². The second-order valence-electron chi connectivity index (χ2n) is 7.67. The quantitative estimate of drug-likeness (QED) is 0.331. The molecule has 0 amide bonds. The molecule has 0 aromatic rings. The first-order chi connectivity index (χ1) is 12.3. The highest BCUT2D eigenvalue weighted by atomic mass is 28.4. The summed E-state index contributed by atoms with van der Waals surface area (Å²) in [5.41, 5.74) is 1.00. The van der Waals surface area contributed by atoms with Crippen LogP contribution in [0, 0.1) is 0 Å². The Kier molecular flexibility index (Phi) is 10.3. The molecule has 1 aliphatic rings. The molecule has 1 heterocycles. The normalized spacial score (nSPS) is 20.5. The zero-order valence-electron chi connectivity index (χ0n) is 18.3. The Morgan fingerprint density at radius 1 is 0.923 bits per heavy atom. The van der Waals surface area contributed by atoms with Crippen LogP contribution in [0.5, 0.6) is 0 Å². The van der Waals surface area contributed by atoms with Gasteiger partial charge >= 0.3 is 0 Å². The summed E-state index contributed by atoms with van der Waals surface area (Å²) in [4.78, 5) is 0. The summed E-state index contributed by atoms with van der Waals surface area (Å²) in [5, 5.41) is 0. The van der Waals surface area contributed by atoms with Crippen LogP contribution in [0.25, 0.3) is 0 Å². The van der Waals surface area contributed by atoms with Crippen LogP contribution in [-0.4, -0.2) is 46.1 Å². The molecule has 0 aliphatic carbocycles. The summed E-state index contributed by atoms with van der Waals surface area (Å²) >= 11 is 0. The minimum atomic E-state index is -2.14. The van der Waals surface area contributed by atoms with Gasteiger partial charge in [-0.05, 0) is 37.3 Å². The van der Waals surface area contributed by atoms with E-state index in [2.05, 4.69) is 48.5 Å². The van der Waals surface area contributed by atoms with E-state index in [1.807, 2.05) is 6.92 Å². The number of hydrogen-bond donors (Lipinski definition) is 0. The SMILES string of the molecule is CCO[Si](C(C)C)(C(C)C)C(CC)OC(CC)OC1(CC)OCCCO1. The Hall–Kier alpha value is 0.0169. The summed E-state index contributed by atoms with van der Waals surface area (Å²) in [7, 11) is -2.14. The molecule has 0 N–H and O–H groups in total. The van der Waals surface area contributed by atoms with Crippen molar-refractivity contribution in [1.82, 2.24) is 0 Å². The van der Waals surface area contributed by atoms with E-state index in [-0.39, 0.29) is 12.0 Å². The van der Waals surface area contributed by atoms with Crippen LogP contribution >= 0.6 is 0 Å². The lowest BCUT2D eigenvalue weighted by Gasteiger charge is -2.46. The van der Waals surface area contributed by atoms with Crippen LogP contribution in [0.15, 0.2) is 0 Å². The average molecular weight is 391 g/mol. The lowest BCUT2D eigenvalue weighted by molar-refractivity contribution is -0.436. The molecule has 1 fully saturated rings. The largest absolute Gasteiger partial charge is 0.414 e. The third-order valence-electron chi connectivity index (χ3n) is 5.40. The molecule has 26 heavy (non-hydrogen) atoms. The van der Waals surface area contributed by atoms with Gasteiger partial charge in [0.15, 0.2) is 6.29 Å². The van der Waals surface area contributed by atoms with Gasteiger partial charge in [-0.3, -0.25) is 4.74 Å². The Balaban J connectivity index is 2.99. The van der Waals surface area contributed by atoms with Crippen molar-refractivity contribution in [3.8, 4) is 0 Å². The lowest BCUT2D eigenvalue weighted by Crippen LogP contribution is -2.58. The maximum Gasteiger partial charge on any atom is 0.284 e. The third-order valence-corrected chi connectivity index (χ3v) is 11.3. The van der Waals surface area contributed by atoms with E-state index >= 15 is 0 Å².